The van der Waals surface area contributed by atoms with Gasteiger partial charge in [0, 0.05) is 6.04 Å². The molecule has 1 nitrogen and oxygen atoms in total. The monoisotopic (exact) mass is 151 g/mol. The van der Waals surface area contributed by atoms with E-state index in [2.05, 4.69) is 25.4 Å². The van der Waals surface area contributed by atoms with Crippen molar-refractivity contribution in [3.8, 4) is 0 Å². The van der Waals surface area contributed by atoms with E-state index in [1.807, 2.05) is 0 Å². The Labute approximate surface area is 69.2 Å². The molecule has 0 bridgehead atoms. The van der Waals surface area contributed by atoms with Crippen LogP contribution in [0.2, 0.25) is 0 Å². The Morgan fingerprint density at radius 3 is 2.73 bits per heavy atom. The summed E-state index contributed by atoms with van der Waals surface area (Å²) in [7, 11) is 0. The van der Waals surface area contributed by atoms with Crippen LogP contribution in [-0.2, 0) is 0 Å². The van der Waals surface area contributed by atoms with Crippen molar-refractivity contribution in [2.24, 2.45) is 0 Å². The second kappa shape index (κ2) is 3.72. The van der Waals surface area contributed by atoms with E-state index in [4.69, 9.17) is 0 Å². The fraction of sp³-hybridized carbons (Fsp3) is 0.600. The van der Waals surface area contributed by atoms with Gasteiger partial charge in [0.1, 0.15) is 0 Å². The highest BCUT2D eigenvalue weighted by Crippen LogP contribution is 2.17. The van der Waals surface area contributed by atoms with Gasteiger partial charge in [0.25, 0.3) is 0 Å². The molecule has 1 rings (SSSR count). The molecule has 1 heteroatoms. The van der Waals surface area contributed by atoms with E-state index in [-0.39, 0.29) is 0 Å². The van der Waals surface area contributed by atoms with Gasteiger partial charge in [-0.2, -0.15) is 0 Å². The predicted octanol–water partition coefficient (Wildman–Crippen LogP) is 2.26. The molecule has 0 aromatic carbocycles. The number of rotatable bonds is 3. The number of nitrogens with one attached hydrogen (secondary N) is 1. The predicted molar refractivity (Wildman–Crippen MR) is 49.6 cm³/mol. The lowest BCUT2D eigenvalue weighted by atomic mass is 10.0. The summed E-state index contributed by atoms with van der Waals surface area (Å²) in [5.41, 5.74) is 2.51. The minimum absolute atomic E-state index is 0.562. The average Bonchev–Trinajstić information content (AvgIpc) is 2.35. The first kappa shape index (κ1) is 8.54. The fourth-order valence-electron chi connectivity index (χ4n) is 1.54. The molecule has 11 heavy (non-hydrogen) atoms. The Morgan fingerprint density at radius 2 is 2.27 bits per heavy atom. The van der Waals surface area contributed by atoms with E-state index >= 15 is 0 Å². The van der Waals surface area contributed by atoms with Crippen LogP contribution in [0.5, 0.6) is 0 Å². The zero-order chi connectivity index (χ0) is 8.27. The van der Waals surface area contributed by atoms with Crippen LogP contribution in [0.1, 0.15) is 26.2 Å². The molecule has 0 spiro atoms. The van der Waals surface area contributed by atoms with Crippen LogP contribution >= 0.6 is 0 Å². The van der Waals surface area contributed by atoms with Crippen LogP contribution < -0.4 is 5.32 Å². The van der Waals surface area contributed by atoms with Crippen LogP contribution in [0.3, 0.4) is 0 Å². The van der Waals surface area contributed by atoms with E-state index in [9.17, 15) is 0 Å². The zero-order valence-electron chi connectivity index (χ0n) is 7.32. The lowest BCUT2D eigenvalue weighted by molar-refractivity contribution is 0.675. The zero-order valence-corrected chi connectivity index (χ0v) is 7.32. The van der Waals surface area contributed by atoms with Crippen molar-refractivity contribution in [1.29, 1.82) is 0 Å². The SMILES string of the molecule is C=C(C)CC(=C)C1CCCN1. The molecule has 1 heterocycles. The summed E-state index contributed by atoms with van der Waals surface area (Å²) in [6.07, 6.45) is 3.53. The highest BCUT2D eigenvalue weighted by atomic mass is 14.9. The Balaban J connectivity index is 2.34. The third kappa shape index (κ3) is 2.51. The van der Waals surface area contributed by atoms with Gasteiger partial charge in [-0.15, -0.1) is 0 Å². The van der Waals surface area contributed by atoms with E-state index in [1.165, 1.54) is 24.0 Å². The Kier molecular flexibility index (Phi) is 2.89. The van der Waals surface area contributed by atoms with Gasteiger partial charge >= 0.3 is 0 Å². The first-order chi connectivity index (χ1) is 5.20. The number of hydrogen-bond donors (Lipinski definition) is 1. The van der Waals surface area contributed by atoms with Crippen molar-refractivity contribution < 1.29 is 0 Å². The summed E-state index contributed by atoms with van der Waals surface area (Å²) < 4.78 is 0. The van der Waals surface area contributed by atoms with Gasteiger partial charge in [0.2, 0.25) is 0 Å². The van der Waals surface area contributed by atoms with Crippen molar-refractivity contribution in [3.63, 3.8) is 0 Å². The maximum atomic E-state index is 4.05. The normalized spacial score (nSPS) is 23.5. The minimum atomic E-state index is 0.562. The molecular weight excluding hydrogens is 134 g/mol. The molecule has 0 radical (unpaired) electrons. The lowest BCUT2D eigenvalue weighted by Gasteiger charge is -2.13. The molecule has 1 N–H and O–H groups in total. The van der Waals surface area contributed by atoms with Crippen molar-refractivity contribution >= 4 is 0 Å². The molecule has 0 saturated carbocycles. The molecule has 1 saturated heterocycles. The standard InChI is InChI=1S/C10H17N/c1-8(2)7-9(3)10-5-4-6-11-10/h10-11H,1,3-7H2,2H3. The van der Waals surface area contributed by atoms with Crippen LogP contribution in [0.4, 0.5) is 0 Å². The number of hydrogen-bond acceptors (Lipinski definition) is 1. The van der Waals surface area contributed by atoms with Gasteiger partial charge in [-0.1, -0.05) is 24.3 Å². The van der Waals surface area contributed by atoms with E-state index < -0.39 is 0 Å². The average molecular weight is 151 g/mol. The van der Waals surface area contributed by atoms with Crippen molar-refractivity contribution in [2.75, 3.05) is 6.54 Å². The first-order valence-electron chi connectivity index (χ1n) is 4.25. The molecule has 62 valence electrons. The molecule has 0 aliphatic carbocycles. The van der Waals surface area contributed by atoms with Gasteiger partial charge in [0.05, 0.1) is 0 Å². The fourth-order valence-corrected chi connectivity index (χ4v) is 1.54. The molecular formula is C10H17N. The first-order valence-corrected chi connectivity index (χ1v) is 4.25. The summed E-state index contributed by atoms with van der Waals surface area (Å²) in [5.74, 6) is 0. The molecule has 0 amide bonds. The topological polar surface area (TPSA) is 12.0 Å². The summed E-state index contributed by atoms with van der Waals surface area (Å²) >= 11 is 0. The lowest BCUT2D eigenvalue weighted by Crippen LogP contribution is -2.23. The van der Waals surface area contributed by atoms with E-state index in [1.54, 1.807) is 0 Å². The second-order valence-electron chi connectivity index (χ2n) is 3.44. The Bertz CT molecular complexity index is 164. The van der Waals surface area contributed by atoms with E-state index in [0.29, 0.717) is 6.04 Å². The van der Waals surface area contributed by atoms with Crippen LogP contribution in [0.15, 0.2) is 24.3 Å². The molecule has 0 aromatic rings. The largest absolute Gasteiger partial charge is 0.310 e. The maximum absolute atomic E-state index is 4.05. The van der Waals surface area contributed by atoms with Crippen LogP contribution in [0, 0.1) is 0 Å². The molecule has 1 fully saturated rings. The summed E-state index contributed by atoms with van der Waals surface area (Å²) in [5, 5.41) is 3.42. The van der Waals surface area contributed by atoms with Crippen LogP contribution in [-0.4, -0.2) is 12.6 Å². The van der Waals surface area contributed by atoms with Gasteiger partial charge in [-0.25, -0.2) is 0 Å². The molecule has 1 aliphatic rings. The van der Waals surface area contributed by atoms with Crippen LogP contribution in [0.25, 0.3) is 0 Å². The summed E-state index contributed by atoms with van der Waals surface area (Å²) in [6, 6.07) is 0.562. The van der Waals surface area contributed by atoms with Gasteiger partial charge in [0.15, 0.2) is 0 Å². The Hall–Kier alpha value is -0.560. The maximum Gasteiger partial charge on any atom is 0.0280 e. The van der Waals surface area contributed by atoms with Crippen molar-refractivity contribution in [3.05, 3.63) is 24.3 Å². The minimum Gasteiger partial charge on any atom is -0.310 e. The van der Waals surface area contributed by atoms with Gasteiger partial charge in [-0.3, -0.25) is 0 Å². The smallest absolute Gasteiger partial charge is 0.0280 e. The number of allylic oxidation sites excluding steroid dienone is 1. The van der Waals surface area contributed by atoms with Crippen molar-refractivity contribution in [1.82, 2.24) is 5.32 Å². The van der Waals surface area contributed by atoms with Gasteiger partial charge < -0.3 is 5.32 Å². The summed E-state index contributed by atoms with van der Waals surface area (Å²) in [6.45, 7) is 11.1. The van der Waals surface area contributed by atoms with Crippen molar-refractivity contribution in [2.45, 2.75) is 32.2 Å². The third-order valence-electron chi connectivity index (χ3n) is 2.08. The van der Waals surface area contributed by atoms with Gasteiger partial charge in [-0.05, 0) is 32.7 Å². The second-order valence-corrected chi connectivity index (χ2v) is 3.44. The summed E-state index contributed by atoms with van der Waals surface area (Å²) in [4.78, 5) is 0. The van der Waals surface area contributed by atoms with E-state index in [0.717, 1.165) is 13.0 Å². The molecule has 1 atom stereocenters. The highest BCUT2D eigenvalue weighted by Gasteiger charge is 2.16. The highest BCUT2D eigenvalue weighted by molar-refractivity contribution is 5.14. The molecule has 1 unspecified atom stereocenters. The molecule has 1 aliphatic heterocycles. The molecule has 0 aromatic heterocycles. The Morgan fingerprint density at radius 1 is 1.55 bits per heavy atom. The quantitative estimate of drug-likeness (QED) is 0.610. The third-order valence-corrected chi connectivity index (χ3v) is 2.08.